The molecule has 0 saturated heterocycles. The third-order valence-corrected chi connectivity index (χ3v) is 4.29. The van der Waals surface area contributed by atoms with Gasteiger partial charge in [-0.05, 0) is 24.3 Å². The highest BCUT2D eigenvalue weighted by molar-refractivity contribution is 5.80. The average molecular weight is 335 g/mol. The Morgan fingerprint density at radius 3 is 2.84 bits per heavy atom. The molecule has 0 saturated carbocycles. The van der Waals surface area contributed by atoms with Gasteiger partial charge in [-0.3, -0.25) is 4.57 Å². The van der Waals surface area contributed by atoms with Gasteiger partial charge in [0.2, 0.25) is 5.95 Å². The molecule has 6 nitrogen and oxygen atoms in total. The van der Waals surface area contributed by atoms with Crippen LogP contribution in [0, 0.1) is 17.1 Å². The number of hydrogen-bond acceptors (Lipinski definition) is 5. The minimum Gasteiger partial charge on any atom is -0.497 e. The topological polar surface area (TPSA) is 88.9 Å². The summed E-state index contributed by atoms with van der Waals surface area (Å²) in [5.41, 5.74) is 8.08. The number of rotatable bonds is 2. The van der Waals surface area contributed by atoms with Gasteiger partial charge in [-0.1, -0.05) is 12.1 Å². The number of allylic oxidation sites excluding steroid dienone is 1. The SMILES string of the molecule is COc1ccc([C@H]2C(C#N)=C(N)Nc3nc4ccccc4n32)c(F)c1. The summed E-state index contributed by atoms with van der Waals surface area (Å²) >= 11 is 0. The standard InChI is InChI=1S/C18H14FN5O/c1-25-10-6-7-11(13(19)8-10)16-12(9-20)17(21)23-18-22-14-4-2-3-5-15(14)24(16)18/h2-8,16H,21H2,1H3,(H,22,23)/t16-/m0/s1. The Kier molecular flexibility index (Phi) is 3.32. The first-order valence-corrected chi connectivity index (χ1v) is 7.61. The highest BCUT2D eigenvalue weighted by atomic mass is 19.1. The van der Waals surface area contributed by atoms with E-state index in [1.807, 2.05) is 24.3 Å². The number of ether oxygens (including phenoxy) is 1. The van der Waals surface area contributed by atoms with Crippen molar-refractivity contribution in [3.05, 3.63) is 65.2 Å². The van der Waals surface area contributed by atoms with Crippen LogP contribution in [0.3, 0.4) is 0 Å². The Bertz CT molecular complexity index is 1060. The van der Waals surface area contributed by atoms with Crippen LogP contribution in [0.2, 0.25) is 0 Å². The molecule has 0 aliphatic carbocycles. The molecule has 124 valence electrons. The number of fused-ring (bicyclic) bond motifs is 3. The number of nitrogens with two attached hydrogens (primary N) is 1. The molecule has 7 heteroatoms. The van der Waals surface area contributed by atoms with E-state index in [-0.39, 0.29) is 11.4 Å². The average Bonchev–Trinajstić information content (AvgIpc) is 2.98. The summed E-state index contributed by atoms with van der Waals surface area (Å²) in [7, 11) is 1.47. The molecule has 3 N–H and O–H groups in total. The molecule has 0 spiro atoms. The summed E-state index contributed by atoms with van der Waals surface area (Å²) in [6, 6.07) is 13.4. The number of benzene rings is 2. The van der Waals surface area contributed by atoms with E-state index >= 15 is 0 Å². The zero-order chi connectivity index (χ0) is 17.6. The molecule has 0 bridgehead atoms. The van der Waals surface area contributed by atoms with Gasteiger partial charge in [0.05, 0.1) is 23.7 Å². The second kappa shape index (κ2) is 5.53. The number of nitrogens with zero attached hydrogens (tertiary/aromatic N) is 3. The van der Waals surface area contributed by atoms with Crippen LogP contribution in [0.1, 0.15) is 11.6 Å². The third kappa shape index (κ3) is 2.19. The molecule has 0 fully saturated rings. The van der Waals surface area contributed by atoms with Crippen LogP contribution in [0.4, 0.5) is 10.3 Å². The fourth-order valence-electron chi connectivity index (χ4n) is 3.13. The van der Waals surface area contributed by atoms with Gasteiger partial charge in [-0.15, -0.1) is 0 Å². The lowest BCUT2D eigenvalue weighted by atomic mass is 9.97. The Labute approximate surface area is 142 Å². The van der Waals surface area contributed by atoms with E-state index in [1.165, 1.54) is 13.2 Å². The quantitative estimate of drug-likeness (QED) is 0.752. The van der Waals surface area contributed by atoms with Crippen molar-refractivity contribution in [2.24, 2.45) is 5.73 Å². The normalized spacial score (nSPS) is 16.3. The summed E-state index contributed by atoms with van der Waals surface area (Å²) in [5.74, 6) is 0.570. The van der Waals surface area contributed by atoms with Crippen LogP contribution in [-0.2, 0) is 0 Å². The zero-order valence-corrected chi connectivity index (χ0v) is 13.3. The number of imidazole rings is 1. The van der Waals surface area contributed by atoms with Crippen molar-refractivity contribution in [1.82, 2.24) is 9.55 Å². The number of anilines is 1. The van der Waals surface area contributed by atoms with E-state index in [0.29, 0.717) is 17.3 Å². The lowest BCUT2D eigenvalue weighted by Gasteiger charge is -2.28. The number of nitriles is 1. The number of nitrogens with one attached hydrogen (secondary N) is 1. The molecule has 4 rings (SSSR count). The van der Waals surface area contributed by atoms with Gasteiger partial charge >= 0.3 is 0 Å². The Balaban J connectivity index is 2.01. The van der Waals surface area contributed by atoms with E-state index in [9.17, 15) is 9.65 Å². The van der Waals surface area contributed by atoms with Gasteiger partial charge < -0.3 is 15.8 Å². The van der Waals surface area contributed by atoms with Gasteiger partial charge in [-0.2, -0.15) is 5.26 Å². The maximum absolute atomic E-state index is 14.8. The van der Waals surface area contributed by atoms with E-state index in [2.05, 4.69) is 16.4 Å². The third-order valence-electron chi connectivity index (χ3n) is 4.29. The lowest BCUT2D eigenvalue weighted by Crippen LogP contribution is -2.28. The van der Waals surface area contributed by atoms with Crippen molar-refractivity contribution in [3.63, 3.8) is 0 Å². The summed E-state index contributed by atoms with van der Waals surface area (Å²) in [5, 5.41) is 12.5. The minimum atomic E-state index is -0.709. The molecule has 0 amide bonds. The fraction of sp³-hybridized carbons (Fsp3) is 0.111. The van der Waals surface area contributed by atoms with E-state index in [0.717, 1.165) is 11.0 Å². The van der Waals surface area contributed by atoms with Gasteiger partial charge in [0, 0.05) is 11.6 Å². The molecule has 0 radical (unpaired) electrons. The number of halogens is 1. The van der Waals surface area contributed by atoms with Crippen LogP contribution in [0.15, 0.2) is 53.9 Å². The molecule has 1 aromatic heterocycles. The van der Waals surface area contributed by atoms with Crippen molar-refractivity contribution in [3.8, 4) is 11.8 Å². The number of hydrogen-bond donors (Lipinski definition) is 2. The molecule has 1 atom stereocenters. The highest BCUT2D eigenvalue weighted by Gasteiger charge is 2.32. The Morgan fingerprint density at radius 2 is 2.12 bits per heavy atom. The van der Waals surface area contributed by atoms with Gasteiger partial charge in [0.15, 0.2) is 0 Å². The fourth-order valence-corrected chi connectivity index (χ4v) is 3.13. The number of aromatic nitrogens is 2. The van der Waals surface area contributed by atoms with Crippen LogP contribution in [0.25, 0.3) is 11.0 Å². The minimum absolute atomic E-state index is 0.172. The second-order valence-corrected chi connectivity index (χ2v) is 5.65. The molecule has 1 aliphatic heterocycles. The van der Waals surface area contributed by atoms with E-state index < -0.39 is 11.9 Å². The van der Waals surface area contributed by atoms with Crippen LogP contribution < -0.4 is 15.8 Å². The largest absolute Gasteiger partial charge is 0.497 e. The molecule has 3 aromatic rings. The first kappa shape index (κ1) is 15.0. The smallest absolute Gasteiger partial charge is 0.210 e. The van der Waals surface area contributed by atoms with E-state index in [4.69, 9.17) is 10.5 Å². The molecule has 2 heterocycles. The van der Waals surface area contributed by atoms with Crippen molar-refractivity contribution >= 4 is 17.0 Å². The summed E-state index contributed by atoms with van der Waals surface area (Å²) < 4.78 is 21.6. The van der Waals surface area contributed by atoms with E-state index in [1.54, 1.807) is 16.7 Å². The number of para-hydroxylation sites is 2. The van der Waals surface area contributed by atoms with Crippen molar-refractivity contribution in [2.75, 3.05) is 12.4 Å². The molecule has 1 aliphatic rings. The molecule has 25 heavy (non-hydrogen) atoms. The summed E-state index contributed by atoms with van der Waals surface area (Å²) in [6.45, 7) is 0. The molecular weight excluding hydrogens is 321 g/mol. The maximum Gasteiger partial charge on any atom is 0.210 e. The zero-order valence-electron chi connectivity index (χ0n) is 13.3. The second-order valence-electron chi connectivity index (χ2n) is 5.65. The van der Waals surface area contributed by atoms with Crippen molar-refractivity contribution in [2.45, 2.75) is 6.04 Å². The summed E-state index contributed by atoms with van der Waals surface area (Å²) in [6.07, 6.45) is 0. The molecule has 2 aromatic carbocycles. The van der Waals surface area contributed by atoms with Gasteiger partial charge in [0.25, 0.3) is 0 Å². The van der Waals surface area contributed by atoms with Gasteiger partial charge in [-0.25, -0.2) is 9.37 Å². The van der Waals surface area contributed by atoms with Crippen LogP contribution in [0.5, 0.6) is 5.75 Å². The predicted octanol–water partition coefficient (Wildman–Crippen LogP) is 2.89. The highest BCUT2D eigenvalue weighted by Crippen LogP contribution is 2.39. The lowest BCUT2D eigenvalue weighted by molar-refractivity contribution is 0.410. The Hall–Kier alpha value is -3.53. The first-order valence-electron chi connectivity index (χ1n) is 7.61. The summed E-state index contributed by atoms with van der Waals surface area (Å²) in [4.78, 5) is 4.49. The first-order chi connectivity index (χ1) is 12.1. The maximum atomic E-state index is 14.8. The number of methoxy groups -OCH3 is 1. The Morgan fingerprint density at radius 1 is 1.32 bits per heavy atom. The van der Waals surface area contributed by atoms with Crippen molar-refractivity contribution in [1.29, 1.82) is 5.26 Å². The van der Waals surface area contributed by atoms with Crippen LogP contribution in [-0.4, -0.2) is 16.7 Å². The van der Waals surface area contributed by atoms with Crippen LogP contribution >= 0.6 is 0 Å². The monoisotopic (exact) mass is 335 g/mol. The predicted molar refractivity (Wildman–Crippen MR) is 91.3 cm³/mol. The van der Waals surface area contributed by atoms with Crippen molar-refractivity contribution < 1.29 is 9.13 Å². The molecule has 0 unspecified atom stereocenters. The van der Waals surface area contributed by atoms with Gasteiger partial charge in [0.1, 0.15) is 29.5 Å². The molecular formula is C18H14FN5O.